The molecular weight excluding hydrogens is 786 g/mol. The summed E-state index contributed by atoms with van der Waals surface area (Å²) < 4.78 is 5.23. The highest BCUT2D eigenvalue weighted by atomic mass is 15.1. The van der Waals surface area contributed by atoms with Crippen molar-refractivity contribution in [2.45, 2.75) is 84.5 Å². The number of hydrogen-bond donors (Lipinski definition) is 0. The second-order valence-corrected chi connectivity index (χ2v) is 19.6. The predicted octanol–water partition coefficient (Wildman–Crippen LogP) is 14.9. The maximum Gasteiger partial charge on any atom is 0.333 e. The van der Waals surface area contributed by atoms with Gasteiger partial charge in [0.05, 0.1) is 27.8 Å². The molecule has 0 atom stereocenters. The molecule has 0 saturated heterocycles. The predicted molar refractivity (Wildman–Crippen MR) is 278 cm³/mol. The minimum Gasteiger partial charge on any atom is -0.376 e. The quantitative estimate of drug-likeness (QED) is 0.0988. The molecule has 0 spiro atoms. The highest BCUT2D eigenvalue weighted by Gasteiger charge is 2.46. The summed E-state index contributed by atoms with van der Waals surface area (Å²) in [7, 11) is 0. The van der Waals surface area contributed by atoms with E-state index in [9.17, 15) is 0 Å². The summed E-state index contributed by atoms with van der Waals surface area (Å²) >= 11 is 0. The lowest BCUT2D eigenvalue weighted by Crippen LogP contribution is -2.60. The smallest absolute Gasteiger partial charge is 0.333 e. The van der Waals surface area contributed by atoms with Crippen molar-refractivity contribution >= 4 is 72.8 Å². The van der Waals surface area contributed by atoms with Crippen molar-refractivity contribution in [2.24, 2.45) is 0 Å². The first-order valence-corrected chi connectivity index (χ1v) is 24.3. The Hall–Kier alpha value is -6.78. The highest BCUT2D eigenvalue weighted by Crippen LogP contribution is 2.55. The van der Waals surface area contributed by atoms with E-state index in [2.05, 4.69) is 199 Å². The Bertz CT molecular complexity index is 3510. The number of rotatable bonds is 10. The molecule has 10 aromatic rings. The van der Waals surface area contributed by atoms with Gasteiger partial charge in [0, 0.05) is 49.6 Å². The van der Waals surface area contributed by atoms with E-state index in [1.165, 1.54) is 160 Å². The molecule has 0 unspecified atom stereocenters. The number of fused-ring (bicyclic) bond motifs is 14. The number of nitrogens with zero attached hydrogens (tertiary/aromatic N) is 3. The Kier molecular flexibility index (Phi) is 8.70. The lowest BCUT2D eigenvalue weighted by Gasteiger charge is -2.43. The van der Waals surface area contributed by atoms with Crippen molar-refractivity contribution in [2.75, 3.05) is 4.81 Å². The summed E-state index contributed by atoms with van der Waals surface area (Å²) in [5, 5.41) is 5.17. The molecule has 0 fully saturated rings. The molecule has 0 N–H and O–H groups in total. The van der Waals surface area contributed by atoms with Crippen LogP contribution in [0.5, 0.6) is 0 Å². The van der Waals surface area contributed by atoms with Gasteiger partial charge in [-0.15, -0.1) is 0 Å². The Morgan fingerprint density at radius 1 is 0.462 bits per heavy atom. The third-order valence-corrected chi connectivity index (χ3v) is 15.5. The van der Waals surface area contributed by atoms with E-state index >= 15 is 0 Å². The van der Waals surface area contributed by atoms with Crippen molar-refractivity contribution in [3.05, 3.63) is 180 Å². The Morgan fingerprint density at radius 3 is 1.77 bits per heavy atom. The van der Waals surface area contributed by atoms with E-state index in [1.54, 1.807) is 0 Å². The molecule has 13 rings (SSSR count). The van der Waals surface area contributed by atoms with E-state index in [0.29, 0.717) is 0 Å². The first kappa shape index (κ1) is 38.7. The van der Waals surface area contributed by atoms with Crippen LogP contribution in [0, 0.1) is 0 Å². The van der Waals surface area contributed by atoms with Gasteiger partial charge >= 0.3 is 6.85 Å². The van der Waals surface area contributed by atoms with E-state index in [0.717, 1.165) is 12.8 Å². The van der Waals surface area contributed by atoms with Crippen LogP contribution in [0.2, 0.25) is 0 Å². The van der Waals surface area contributed by atoms with Crippen LogP contribution in [0.15, 0.2) is 158 Å². The van der Waals surface area contributed by atoms with E-state index in [-0.39, 0.29) is 12.3 Å². The van der Waals surface area contributed by atoms with Gasteiger partial charge in [0.25, 0.3) is 0 Å². The lowest BCUT2D eigenvalue weighted by atomic mass is 9.43. The van der Waals surface area contributed by atoms with Gasteiger partial charge in [-0.25, -0.2) is 0 Å². The van der Waals surface area contributed by atoms with Crippen molar-refractivity contribution in [3.63, 3.8) is 0 Å². The summed E-state index contributed by atoms with van der Waals surface area (Å²) in [6.45, 7) is 9.42. The monoisotopic (exact) mass is 839 g/mol. The van der Waals surface area contributed by atoms with E-state index < -0.39 is 0 Å². The van der Waals surface area contributed by atoms with Gasteiger partial charge in [-0.1, -0.05) is 157 Å². The molecule has 4 heterocycles. The molecule has 0 bridgehead atoms. The third-order valence-electron chi connectivity index (χ3n) is 15.5. The summed E-state index contributed by atoms with van der Waals surface area (Å²) in [4.78, 5) is 2.75. The average molecular weight is 840 g/mol. The number of anilines is 2. The fourth-order valence-electron chi connectivity index (χ4n) is 12.4. The third kappa shape index (κ3) is 5.49. The van der Waals surface area contributed by atoms with Crippen LogP contribution in [-0.2, 0) is 18.3 Å². The molecule has 2 aliphatic heterocycles. The summed E-state index contributed by atoms with van der Waals surface area (Å²) in [5.41, 5.74) is 23.8. The van der Waals surface area contributed by atoms with Crippen molar-refractivity contribution in [3.8, 4) is 33.6 Å². The van der Waals surface area contributed by atoms with Crippen LogP contribution in [0.25, 0.3) is 77.2 Å². The number of benzene rings is 8. The zero-order valence-corrected chi connectivity index (χ0v) is 38.1. The molecule has 1 aliphatic carbocycles. The van der Waals surface area contributed by atoms with E-state index in [1.807, 2.05) is 0 Å². The standard InChI is InChI=1S/C61H54BN3/c1-5-7-9-19-39-29-32-41(33-30-39)65-56-37-46-42-21-11-15-25-49(42)61(3,4)50(46)36-47(56)48-38-57(63-52-26-16-12-22-43(52)44-23-13-17-27-53(44)63)58-45-24-14-18-28-54(45)64-55-34-31-40(20-10-8-6-2)35-51(55)62(65)59(48)60(58)64/h11-18,21-38H,5-10,19-20H2,1-4H3. The molecule has 2 aromatic heterocycles. The Balaban J connectivity index is 1.19. The molecular formula is C61H54BN3. The molecule has 0 radical (unpaired) electrons. The summed E-state index contributed by atoms with van der Waals surface area (Å²) in [6, 6.07) is 61.3. The minimum absolute atomic E-state index is 0.0428. The Morgan fingerprint density at radius 2 is 1.06 bits per heavy atom. The van der Waals surface area contributed by atoms with Gasteiger partial charge in [-0.2, -0.15) is 0 Å². The first-order chi connectivity index (χ1) is 32.0. The van der Waals surface area contributed by atoms with Gasteiger partial charge in [-0.3, -0.25) is 0 Å². The number of hydrogen-bond acceptors (Lipinski definition) is 1. The zero-order valence-electron chi connectivity index (χ0n) is 38.1. The SMILES string of the molecule is CCCCCc1ccc(N2B3c4cc(CCCCC)ccc4-n4c5ccccc5c5c(-n6c7ccccc7c7ccccc76)cc(c3c54)-c3cc4c(cc32)-c2ccccc2C4(C)C)cc1. The van der Waals surface area contributed by atoms with Crippen LogP contribution in [0.1, 0.15) is 88.5 Å². The van der Waals surface area contributed by atoms with Crippen LogP contribution in [0.3, 0.4) is 0 Å². The topological polar surface area (TPSA) is 13.1 Å². The van der Waals surface area contributed by atoms with Gasteiger partial charge in [0.1, 0.15) is 0 Å². The summed E-state index contributed by atoms with van der Waals surface area (Å²) in [6.07, 6.45) is 9.60. The minimum atomic E-state index is -0.144. The molecule has 8 aromatic carbocycles. The second kappa shape index (κ2) is 14.6. The molecule has 3 aliphatic rings. The number of unbranched alkanes of at least 4 members (excludes halogenated alkanes) is 4. The van der Waals surface area contributed by atoms with Crippen molar-refractivity contribution in [1.29, 1.82) is 0 Å². The van der Waals surface area contributed by atoms with Crippen LogP contribution in [0.4, 0.5) is 11.4 Å². The van der Waals surface area contributed by atoms with Gasteiger partial charge < -0.3 is 13.9 Å². The zero-order chi connectivity index (χ0) is 43.6. The molecule has 0 amide bonds. The summed E-state index contributed by atoms with van der Waals surface area (Å²) in [5.74, 6) is 0. The number of aryl methyl sites for hydroxylation is 2. The maximum absolute atomic E-state index is 2.75. The van der Waals surface area contributed by atoms with Crippen LogP contribution >= 0.6 is 0 Å². The van der Waals surface area contributed by atoms with Gasteiger partial charge in [0.15, 0.2) is 0 Å². The largest absolute Gasteiger partial charge is 0.376 e. The Labute approximate surface area is 383 Å². The first-order valence-electron chi connectivity index (χ1n) is 24.3. The fraction of sp³-hybridized carbons (Fsp3) is 0.213. The molecule has 0 saturated carbocycles. The van der Waals surface area contributed by atoms with Gasteiger partial charge in [-0.05, 0) is 130 Å². The molecule has 3 nitrogen and oxygen atoms in total. The highest BCUT2D eigenvalue weighted by molar-refractivity contribution is 6.93. The maximum atomic E-state index is 2.75. The van der Waals surface area contributed by atoms with Crippen LogP contribution in [-0.4, -0.2) is 16.0 Å². The average Bonchev–Trinajstić information content (AvgIpc) is 3.94. The van der Waals surface area contributed by atoms with Crippen LogP contribution < -0.4 is 15.7 Å². The van der Waals surface area contributed by atoms with Crippen molar-refractivity contribution < 1.29 is 0 Å². The van der Waals surface area contributed by atoms with Crippen molar-refractivity contribution in [1.82, 2.24) is 9.13 Å². The molecule has 65 heavy (non-hydrogen) atoms. The normalized spacial score (nSPS) is 14.1. The van der Waals surface area contributed by atoms with E-state index in [4.69, 9.17) is 0 Å². The number of para-hydroxylation sites is 3. The lowest BCUT2D eigenvalue weighted by molar-refractivity contribution is 0.660. The number of aromatic nitrogens is 2. The fourth-order valence-corrected chi connectivity index (χ4v) is 12.4. The second-order valence-electron chi connectivity index (χ2n) is 19.6. The molecule has 316 valence electrons. The molecule has 4 heteroatoms. The van der Waals surface area contributed by atoms with Gasteiger partial charge in [0.2, 0.25) is 0 Å².